The molecule has 5 atom stereocenters. The van der Waals surface area contributed by atoms with Gasteiger partial charge in [-0.15, -0.1) is 0 Å². The van der Waals surface area contributed by atoms with Gasteiger partial charge in [0, 0.05) is 30.5 Å². The van der Waals surface area contributed by atoms with Gasteiger partial charge in [-0.05, 0) is 64.0 Å². The molecule has 0 radical (unpaired) electrons. The van der Waals surface area contributed by atoms with E-state index in [4.69, 9.17) is 4.74 Å². The number of benzene rings is 1. The summed E-state index contributed by atoms with van der Waals surface area (Å²) in [5.41, 5.74) is -1.99. The summed E-state index contributed by atoms with van der Waals surface area (Å²) in [4.78, 5) is 83.6. The quantitative estimate of drug-likeness (QED) is 0.227. The van der Waals surface area contributed by atoms with Crippen molar-refractivity contribution < 1.29 is 36.7 Å². The smallest absolute Gasteiger partial charge is 0.410 e. The third-order valence-corrected chi connectivity index (χ3v) is 12.8. The van der Waals surface area contributed by atoms with E-state index in [1.54, 1.807) is 26.0 Å². The molecule has 4 amide bonds. The van der Waals surface area contributed by atoms with Crippen LogP contribution in [0, 0.1) is 11.7 Å². The molecule has 3 heterocycles. The van der Waals surface area contributed by atoms with Crippen molar-refractivity contribution in [3.05, 3.63) is 67.7 Å². The van der Waals surface area contributed by atoms with Crippen molar-refractivity contribution >= 4 is 45.2 Å². The molecule has 4 N–H and O–H groups in total. The third kappa shape index (κ3) is 7.33. The number of sulfonamides is 1. The molecule has 7 rings (SSSR count). The number of halogens is 1. The molecule has 5 aliphatic rings. The molecule has 0 unspecified atom stereocenters. The molecule has 290 valence electrons. The van der Waals surface area contributed by atoms with E-state index in [9.17, 15) is 41.6 Å². The third-order valence-electron chi connectivity index (χ3n) is 11.0. The lowest BCUT2D eigenvalue weighted by molar-refractivity contribution is -0.140. The molecule has 0 spiro atoms. The van der Waals surface area contributed by atoms with Crippen LogP contribution in [0.15, 0.2) is 39.9 Å². The summed E-state index contributed by atoms with van der Waals surface area (Å²) in [7, 11) is -3.94. The Morgan fingerprint density at radius 1 is 1.02 bits per heavy atom. The van der Waals surface area contributed by atoms with Crippen LogP contribution in [0.4, 0.5) is 20.6 Å². The molecular weight excluding hydrogens is 724 g/mol. The average molecular weight is 769 g/mol. The van der Waals surface area contributed by atoms with E-state index in [1.807, 2.05) is 12.2 Å². The first-order valence-corrected chi connectivity index (χ1v) is 20.2. The number of fused-ring (bicyclic) bond motifs is 3. The molecular formula is C37H45FN6O9S. The normalized spacial score (nSPS) is 27.3. The number of nitrogens with one attached hydrogen (secondary N) is 4. The summed E-state index contributed by atoms with van der Waals surface area (Å²) in [5.74, 6) is -3.11. The maximum absolute atomic E-state index is 14.5. The van der Waals surface area contributed by atoms with E-state index in [1.165, 1.54) is 15.9 Å². The fraction of sp³-hybridized carbons (Fsp3) is 0.568. The van der Waals surface area contributed by atoms with Crippen LogP contribution in [0.25, 0.3) is 0 Å². The van der Waals surface area contributed by atoms with Gasteiger partial charge in [0.2, 0.25) is 21.8 Å². The predicted molar refractivity (Wildman–Crippen MR) is 195 cm³/mol. The number of anilines is 2. The van der Waals surface area contributed by atoms with Crippen LogP contribution < -0.4 is 31.5 Å². The minimum atomic E-state index is -3.94. The summed E-state index contributed by atoms with van der Waals surface area (Å²) in [6.07, 6.45) is 5.72. The number of hydrogen-bond donors (Lipinski definition) is 4. The number of nitrogens with zero attached hydrogens (tertiary/aromatic N) is 2. The SMILES string of the molecule is CC(C)Nc1c(N[C@H]2CCCCCC=C[C@@H]3C[C@@]3(C(=O)NS(=O)(=O)C3CC3)NC(=O)[C@@H]3C[C@@H](OC(=O)N4Cc5cccc(F)c5C4)CN3C2=O)c(=O)c1=O. The first kappa shape index (κ1) is 37.5. The molecule has 15 nitrogen and oxygen atoms in total. The first-order chi connectivity index (χ1) is 25.7. The number of hydrogen-bond acceptors (Lipinski definition) is 11. The van der Waals surface area contributed by atoms with Gasteiger partial charge < -0.3 is 25.6 Å². The van der Waals surface area contributed by atoms with Crippen molar-refractivity contribution in [1.82, 2.24) is 19.8 Å². The highest BCUT2D eigenvalue weighted by Crippen LogP contribution is 2.46. The van der Waals surface area contributed by atoms with Gasteiger partial charge >= 0.3 is 6.09 Å². The molecule has 1 saturated heterocycles. The summed E-state index contributed by atoms with van der Waals surface area (Å²) in [6, 6.07) is 2.10. The lowest BCUT2D eigenvalue weighted by Crippen LogP contribution is -2.57. The number of ether oxygens (including phenoxy) is 1. The van der Waals surface area contributed by atoms with Crippen molar-refractivity contribution in [2.24, 2.45) is 5.92 Å². The molecule has 54 heavy (non-hydrogen) atoms. The molecule has 2 aliphatic carbocycles. The number of amides is 4. The van der Waals surface area contributed by atoms with Crippen LogP contribution in [0.1, 0.15) is 82.8 Å². The van der Waals surface area contributed by atoms with Gasteiger partial charge in [-0.2, -0.15) is 0 Å². The summed E-state index contributed by atoms with van der Waals surface area (Å²) >= 11 is 0. The lowest BCUT2D eigenvalue weighted by atomic mass is 10.0. The van der Waals surface area contributed by atoms with Crippen LogP contribution >= 0.6 is 0 Å². The molecule has 3 fully saturated rings. The van der Waals surface area contributed by atoms with Gasteiger partial charge in [0.25, 0.3) is 16.8 Å². The maximum atomic E-state index is 14.5. The topological polar surface area (TPSA) is 200 Å². The van der Waals surface area contributed by atoms with Crippen LogP contribution in [-0.2, 0) is 42.2 Å². The van der Waals surface area contributed by atoms with Crippen molar-refractivity contribution in [3.63, 3.8) is 0 Å². The van der Waals surface area contributed by atoms with E-state index in [0.29, 0.717) is 43.2 Å². The molecule has 2 aromatic rings. The van der Waals surface area contributed by atoms with Gasteiger partial charge in [-0.25, -0.2) is 17.6 Å². The minimum absolute atomic E-state index is 0.0168. The van der Waals surface area contributed by atoms with Crippen molar-refractivity contribution in [2.45, 2.75) is 120 Å². The summed E-state index contributed by atoms with van der Waals surface area (Å²) in [5, 5.41) is 8.06. The Labute approximate surface area is 311 Å². The predicted octanol–water partition coefficient (Wildman–Crippen LogP) is 2.15. The van der Waals surface area contributed by atoms with Crippen LogP contribution in [-0.4, -0.2) is 83.6 Å². The van der Waals surface area contributed by atoms with Gasteiger partial charge in [-0.1, -0.05) is 37.1 Å². The molecule has 0 aromatic heterocycles. The van der Waals surface area contributed by atoms with Gasteiger partial charge in [0.15, 0.2) is 0 Å². The lowest BCUT2D eigenvalue weighted by Gasteiger charge is -2.31. The number of rotatable bonds is 8. The Kier molecular flexibility index (Phi) is 10.0. The van der Waals surface area contributed by atoms with Crippen molar-refractivity contribution in [1.29, 1.82) is 0 Å². The second-order valence-corrected chi connectivity index (χ2v) is 17.4. The Balaban J connectivity index is 1.16. The highest BCUT2D eigenvalue weighted by molar-refractivity contribution is 7.91. The highest BCUT2D eigenvalue weighted by atomic mass is 32.2. The minimum Gasteiger partial charge on any atom is -0.444 e. The van der Waals surface area contributed by atoms with Gasteiger partial charge in [0.05, 0.1) is 18.3 Å². The zero-order valence-electron chi connectivity index (χ0n) is 30.2. The Bertz CT molecular complexity index is 2080. The van der Waals surface area contributed by atoms with Crippen LogP contribution in [0.5, 0.6) is 0 Å². The largest absolute Gasteiger partial charge is 0.444 e. The van der Waals surface area contributed by atoms with E-state index >= 15 is 0 Å². The maximum Gasteiger partial charge on any atom is 0.410 e. The average Bonchev–Trinajstić information content (AvgIpc) is 4.01. The molecule has 3 aliphatic heterocycles. The van der Waals surface area contributed by atoms with Crippen molar-refractivity contribution in [2.75, 3.05) is 17.2 Å². The van der Waals surface area contributed by atoms with Gasteiger partial charge in [0.1, 0.15) is 40.9 Å². The molecule has 17 heteroatoms. The summed E-state index contributed by atoms with van der Waals surface area (Å²) < 4.78 is 48.0. The van der Waals surface area contributed by atoms with E-state index in [0.717, 1.165) is 6.42 Å². The van der Waals surface area contributed by atoms with E-state index in [2.05, 4.69) is 20.7 Å². The monoisotopic (exact) mass is 768 g/mol. The number of allylic oxidation sites excluding steroid dienone is 1. The molecule has 2 aromatic carbocycles. The molecule has 2 saturated carbocycles. The fourth-order valence-electron chi connectivity index (χ4n) is 7.70. The molecule has 0 bridgehead atoms. The first-order valence-electron chi connectivity index (χ1n) is 18.6. The van der Waals surface area contributed by atoms with Crippen LogP contribution in [0.3, 0.4) is 0 Å². The van der Waals surface area contributed by atoms with Gasteiger partial charge in [-0.3, -0.25) is 33.6 Å². The van der Waals surface area contributed by atoms with E-state index in [-0.39, 0.29) is 56.3 Å². The number of carbonyl (C=O) groups excluding carboxylic acids is 4. The standard InChI is InChI=1S/C37H45FN6O9S/c1-20(2)39-29-30(32(46)31(29)45)40-27-12-7-5-3-4-6-10-22-16-37(22,35(49)42-54(51,52)24-13-14-24)41-33(47)28-15-23(18-44(28)34(27)48)53-36(50)43-17-21-9-8-11-26(38)25(21)19-43/h6,8-11,20,22-24,27-28,39-40H,3-5,7,12-19H2,1-2H3,(H,41,47)(H,42,49)/t22-,23-,27+,28+,37-/m1/s1. The van der Waals surface area contributed by atoms with E-state index < -0.39 is 85.4 Å². The highest BCUT2D eigenvalue weighted by Gasteiger charge is 2.62. The second kappa shape index (κ2) is 14.5. The van der Waals surface area contributed by atoms with Crippen molar-refractivity contribution in [3.8, 4) is 0 Å². The zero-order valence-corrected chi connectivity index (χ0v) is 31.0. The fourth-order valence-corrected chi connectivity index (χ4v) is 9.07. The zero-order chi connectivity index (χ0) is 38.5. The number of carbonyl (C=O) groups is 4. The Morgan fingerprint density at radius 3 is 2.50 bits per heavy atom. The Morgan fingerprint density at radius 2 is 1.78 bits per heavy atom. The Hall–Kier alpha value is -4.80. The van der Waals surface area contributed by atoms with Crippen LogP contribution in [0.2, 0.25) is 0 Å². The second-order valence-electron chi connectivity index (χ2n) is 15.4. The summed E-state index contributed by atoms with van der Waals surface area (Å²) in [6.45, 7) is 3.49.